The van der Waals surface area contributed by atoms with Gasteiger partial charge in [-0.05, 0) is 43.0 Å². The largest absolute Gasteiger partial charge is 0.327 e. The van der Waals surface area contributed by atoms with E-state index >= 15 is 0 Å². The molecule has 1 aromatic rings. The summed E-state index contributed by atoms with van der Waals surface area (Å²) >= 11 is 0. The van der Waals surface area contributed by atoms with Crippen molar-refractivity contribution in [2.45, 2.75) is 37.5 Å². The van der Waals surface area contributed by atoms with Crippen LogP contribution in [0, 0.1) is 5.92 Å². The van der Waals surface area contributed by atoms with Crippen molar-refractivity contribution < 1.29 is 18.1 Å². The zero-order valence-electron chi connectivity index (χ0n) is 14.8. The van der Waals surface area contributed by atoms with Crippen LogP contribution < -0.4 is 10.2 Å². The number of piperidine rings is 1. The normalized spacial score (nSPS) is 22.8. The SMILES string of the molecule is C[C@H]1CCCN(S(=O)(=O)c2ccc(NC(=O)C[NH+]3CCCC3)cc2)C1. The fourth-order valence-electron chi connectivity index (χ4n) is 3.71. The molecule has 6 nitrogen and oxygen atoms in total. The summed E-state index contributed by atoms with van der Waals surface area (Å²) in [6.45, 7) is 5.84. The second kappa shape index (κ2) is 7.85. The molecule has 0 radical (unpaired) electrons. The highest BCUT2D eigenvalue weighted by atomic mass is 32.2. The van der Waals surface area contributed by atoms with Crippen molar-refractivity contribution >= 4 is 21.6 Å². The topological polar surface area (TPSA) is 70.9 Å². The Morgan fingerprint density at radius 3 is 2.52 bits per heavy atom. The first-order valence-electron chi connectivity index (χ1n) is 9.19. The third-order valence-electron chi connectivity index (χ3n) is 5.12. The average Bonchev–Trinajstić information content (AvgIpc) is 3.08. The van der Waals surface area contributed by atoms with Crippen molar-refractivity contribution in [2.75, 3.05) is 38.0 Å². The van der Waals surface area contributed by atoms with Crippen LogP contribution in [0.4, 0.5) is 5.69 Å². The molecule has 0 spiro atoms. The van der Waals surface area contributed by atoms with E-state index in [4.69, 9.17) is 0 Å². The Labute approximate surface area is 150 Å². The van der Waals surface area contributed by atoms with E-state index in [1.54, 1.807) is 28.6 Å². The van der Waals surface area contributed by atoms with E-state index in [1.807, 2.05) is 0 Å². The van der Waals surface area contributed by atoms with Gasteiger partial charge < -0.3 is 10.2 Å². The molecular formula is C18H28N3O3S+. The third-order valence-corrected chi connectivity index (χ3v) is 7.00. The summed E-state index contributed by atoms with van der Waals surface area (Å²) in [6.07, 6.45) is 4.36. The predicted octanol–water partition coefficient (Wildman–Crippen LogP) is 0.724. The van der Waals surface area contributed by atoms with Crippen molar-refractivity contribution in [1.29, 1.82) is 0 Å². The van der Waals surface area contributed by atoms with E-state index in [1.165, 1.54) is 17.7 Å². The van der Waals surface area contributed by atoms with Gasteiger partial charge in [0, 0.05) is 31.6 Å². The van der Waals surface area contributed by atoms with Gasteiger partial charge in [0.25, 0.3) is 5.91 Å². The lowest BCUT2D eigenvalue weighted by Gasteiger charge is -2.30. The van der Waals surface area contributed by atoms with E-state index in [-0.39, 0.29) is 5.91 Å². The lowest BCUT2D eigenvalue weighted by Crippen LogP contribution is -3.11. The number of carbonyl (C=O) groups is 1. The van der Waals surface area contributed by atoms with Crippen LogP contribution in [-0.4, -0.2) is 51.4 Å². The standard InChI is InChI=1S/C18H27N3O3S/c1-15-5-4-12-21(13-15)25(23,24)17-8-6-16(7-9-17)19-18(22)14-20-10-2-3-11-20/h6-9,15H,2-5,10-14H2,1H3,(H,19,22)/p+1/t15-/m0/s1. The van der Waals surface area contributed by atoms with Crippen LogP contribution in [0.1, 0.15) is 32.6 Å². The molecule has 0 aliphatic carbocycles. The van der Waals surface area contributed by atoms with Gasteiger partial charge in [0.2, 0.25) is 10.0 Å². The van der Waals surface area contributed by atoms with Crippen molar-refractivity contribution in [3.63, 3.8) is 0 Å². The number of carbonyl (C=O) groups excluding carboxylic acids is 1. The highest BCUT2D eigenvalue weighted by Crippen LogP contribution is 2.24. The number of hydrogen-bond acceptors (Lipinski definition) is 3. The molecule has 2 saturated heterocycles. The van der Waals surface area contributed by atoms with Crippen molar-refractivity contribution in [3.05, 3.63) is 24.3 Å². The zero-order chi connectivity index (χ0) is 17.9. The first-order chi connectivity index (χ1) is 11.9. The number of sulfonamides is 1. The predicted molar refractivity (Wildman–Crippen MR) is 97.0 cm³/mol. The summed E-state index contributed by atoms with van der Waals surface area (Å²) in [7, 11) is -3.44. The summed E-state index contributed by atoms with van der Waals surface area (Å²) < 4.78 is 27.0. The average molecular weight is 367 g/mol. The maximum absolute atomic E-state index is 12.7. The van der Waals surface area contributed by atoms with Crippen molar-refractivity contribution in [1.82, 2.24) is 4.31 Å². The number of nitrogens with zero attached hydrogens (tertiary/aromatic N) is 1. The van der Waals surface area contributed by atoms with Crippen LogP contribution in [-0.2, 0) is 14.8 Å². The number of rotatable bonds is 5. The molecule has 0 unspecified atom stereocenters. The van der Waals surface area contributed by atoms with Gasteiger partial charge in [-0.3, -0.25) is 4.79 Å². The molecule has 0 aromatic heterocycles. The Kier molecular flexibility index (Phi) is 5.76. The zero-order valence-corrected chi connectivity index (χ0v) is 15.6. The molecule has 7 heteroatoms. The van der Waals surface area contributed by atoms with Crippen LogP contribution in [0.3, 0.4) is 0 Å². The molecule has 2 N–H and O–H groups in total. The number of hydrogen-bond donors (Lipinski definition) is 2. The molecule has 1 aromatic carbocycles. The van der Waals surface area contributed by atoms with Gasteiger partial charge >= 0.3 is 0 Å². The molecule has 3 rings (SSSR count). The molecule has 2 aliphatic rings. The number of anilines is 1. The number of amides is 1. The first kappa shape index (κ1) is 18.4. The molecule has 0 saturated carbocycles. The van der Waals surface area contributed by atoms with Gasteiger partial charge in [-0.25, -0.2) is 8.42 Å². The molecule has 2 heterocycles. The second-order valence-corrected chi connectivity index (χ2v) is 9.25. The maximum Gasteiger partial charge on any atom is 0.279 e. The van der Waals surface area contributed by atoms with E-state index in [9.17, 15) is 13.2 Å². The Morgan fingerprint density at radius 1 is 1.20 bits per heavy atom. The Bertz CT molecular complexity index is 697. The molecule has 0 bridgehead atoms. The summed E-state index contributed by atoms with van der Waals surface area (Å²) in [5, 5.41) is 2.87. The van der Waals surface area contributed by atoms with Crippen LogP contribution in [0.15, 0.2) is 29.2 Å². The van der Waals surface area contributed by atoms with Crippen LogP contribution in [0.5, 0.6) is 0 Å². The van der Waals surface area contributed by atoms with Crippen molar-refractivity contribution in [2.24, 2.45) is 5.92 Å². The lowest BCUT2D eigenvalue weighted by molar-refractivity contribution is -0.878. The van der Waals surface area contributed by atoms with Gasteiger partial charge in [-0.15, -0.1) is 0 Å². The van der Waals surface area contributed by atoms with Crippen molar-refractivity contribution in [3.8, 4) is 0 Å². The summed E-state index contributed by atoms with van der Waals surface area (Å²) in [6, 6.07) is 6.54. The minimum Gasteiger partial charge on any atom is -0.327 e. The smallest absolute Gasteiger partial charge is 0.279 e. The van der Waals surface area contributed by atoms with Crippen LogP contribution >= 0.6 is 0 Å². The summed E-state index contributed by atoms with van der Waals surface area (Å²) in [5.41, 5.74) is 0.648. The van der Waals surface area contributed by atoms with Gasteiger partial charge in [0.1, 0.15) is 0 Å². The van der Waals surface area contributed by atoms with E-state index in [0.29, 0.717) is 36.1 Å². The van der Waals surface area contributed by atoms with E-state index < -0.39 is 10.0 Å². The van der Waals surface area contributed by atoms with Gasteiger partial charge in [0.05, 0.1) is 18.0 Å². The van der Waals surface area contributed by atoms with Gasteiger partial charge in [-0.2, -0.15) is 4.31 Å². The Morgan fingerprint density at radius 2 is 1.88 bits per heavy atom. The Hall–Kier alpha value is -1.44. The fraction of sp³-hybridized carbons (Fsp3) is 0.611. The van der Waals surface area contributed by atoms with Gasteiger partial charge in [0.15, 0.2) is 6.54 Å². The molecule has 25 heavy (non-hydrogen) atoms. The van der Waals surface area contributed by atoms with Crippen LogP contribution in [0.25, 0.3) is 0 Å². The minimum absolute atomic E-state index is 0.0163. The lowest BCUT2D eigenvalue weighted by atomic mass is 10.0. The van der Waals surface area contributed by atoms with E-state index in [0.717, 1.165) is 25.9 Å². The molecule has 138 valence electrons. The minimum atomic E-state index is -3.44. The molecular weight excluding hydrogens is 338 g/mol. The quantitative estimate of drug-likeness (QED) is 0.807. The molecule has 1 amide bonds. The number of benzene rings is 1. The molecule has 1 atom stereocenters. The second-order valence-electron chi connectivity index (χ2n) is 7.32. The number of nitrogens with one attached hydrogen (secondary N) is 2. The third kappa shape index (κ3) is 4.59. The molecule has 2 fully saturated rings. The fourth-order valence-corrected chi connectivity index (χ4v) is 5.31. The monoisotopic (exact) mass is 366 g/mol. The number of likely N-dealkylation sites (tertiary alicyclic amines) is 1. The number of quaternary nitrogens is 1. The van der Waals surface area contributed by atoms with E-state index in [2.05, 4.69) is 12.2 Å². The Balaban J connectivity index is 1.62. The highest BCUT2D eigenvalue weighted by molar-refractivity contribution is 7.89. The van der Waals surface area contributed by atoms with Crippen LogP contribution in [0.2, 0.25) is 0 Å². The van der Waals surface area contributed by atoms with Gasteiger partial charge in [-0.1, -0.05) is 6.92 Å². The summed E-state index contributed by atoms with van der Waals surface area (Å²) in [5.74, 6) is 0.382. The maximum atomic E-state index is 12.7. The first-order valence-corrected chi connectivity index (χ1v) is 10.6. The molecule has 2 aliphatic heterocycles. The summed E-state index contributed by atoms with van der Waals surface area (Å²) in [4.78, 5) is 13.7. The highest BCUT2D eigenvalue weighted by Gasteiger charge is 2.28.